The Morgan fingerprint density at radius 2 is 1.71 bits per heavy atom. The summed E-state index contributed by atoms with van der Waals surface area (Å²) in [4.78, 5) is 30.9. The van der Waals surface area contributed by atoms with Crippen LogP contribution in [0, 0.1) is 6.92 Å². The number of rotatable bonds is 5. The lowest BCUT2D eigenvalue weighted by Crippen LogP contribution is -2.53. The molecule has 1 unspecified atom stereocenters. The lowest BCUT2D eigenvalue weighted by Gasteiger charge is -2.41. The van der Waals surface area contributed by atoms with Gasteiger partial charge in [0.15, 0.2) is 0 Å². The molecule has 0 spiro atoms. The van der Waals surface area contributed by atoms with Gasteiger partial charge in [-0.2, -0.15) is 0 Å². The minimum Gasteiger partial charge on any atom is -0.496 e. The highest BCUT2D eigenvalue weighted by molar-refractivity contribution is 5.97. The third-order valence-corrected chi connectivity index (χ3v) is 6.44. The Morgan fingerprint density at radius 3 is 2.38 bits per heavy atom. The van der Waals surface area contributed by atoms with E-state index in [9.17, 15) is 9.59 Å². The normalized spacial score (nSPS) is 15.6. The van der Waals surface area contributed by atoms with Crippen molar-refractivity contribution in [1.29, 1.82) is 0 Å². The summed E-state index contributed by atoms with van der Waals surface area (Å²) in [5.74, 6) is 0.511. The van der Waals surface area contributed by atoms with Gasteiger partial charge >= 0.3 is 0 Å². The second-order valence-electron chi connectivity index (χ2n) is 9.79. The molecule has 4 rings (SSSR count). The number of ether oxygens (including phenoxy) is 1. The largest absolute Gasteiger partial charge is 0.496 e. The highest BCUT2D eigenvalue weighted by atomic mass is 16.5. The molecule has 6 nitrogen and oxygen atoms in total. The van der Waals surface area contributed by atoms with Crippen molar-refractivity contribution in [3.63, 3.8) is 0 Å². The Hall–Kier alpha value is -3.54. The van der Waals surface area contributed by atoms with Gasteiger partial charge < -0.3 is 19.1 Å². The van der Waals surface area contributed by atoms with Gasteiger partial charge in [0, 0.05) is 41.6 Å². The van der Waals surface area contributed by atoms with Crippen LogP contribution in [0.2, 0.25) is 0 Å². The molecule has 34 heavy (non-hydrogen) atoms. The van der Waals surface area contributed by atoms with Crippen LogP contribution in [0.1, 0.15) is 54.0 Å². The van der Waals surface area contributed by atoms with E-state index in [1.807, 2.05) is 93.4 Å². The average molecular weight is 460 g/mol. The number of hydrogen-bond acceptors (Lipinski definition) is 3. The van der Waals surface area contributed by atoms with Crippen LogP contribution >= 0.6 is 0 Å². The number of para-hydroxylation sites is 1. The van der Waals surface area contributed by atoms with E-state index < -0.39 is 5.54 Å². The van der Waals surface area contributed by atoms with Crippen molar-refractivity contribution < 1.29 is 14.3 Å². The molecule has 178 valence electrons. The molecule has 0 saturated heterocycles. The molecule has 0 fully saturated rings. The van der Waals surface area contributed by atoms with Crippen molar-refractivity contribution in [3.8, 4) is 5.75 Å². The summed E-state index contributed by atoms with van der Waals surface area (Å²) in [6, 6.07) is 19.1. The van der Waals surface area contributed by atoms with E-state index in [4.69, 9.17) is 4.74 Å². The molecule has 1 aliphatic rings. The zero-order valence-electron chi connectivity index (χ0n) is 20.6. The quantitative estimate of drug-likeness (QED) is 0.557. The molecule has 0 radical (unpaired) electrons. The lowest BCUT2D eigenvalue weighted by atomic mass is 9.98. The van der Waals surface area contributed by atoms with E-state index in [2.05, 4.69) is 10.6 Å². The fraction of sp³-hybridized carbons (Fsp3) is 0.357. The second-order valence-corrected chi connectivity index (χ2v) is 9.79. The molecule has 0 saturated carbocycles. The van der Waals surface area contributed by atoms with E-state index in [1.165, 1.54) is 0 Å². The van der Waals surface area contributed by atoms with Crippen LogP contribution in [0.15, 0.2) is 66.9 Å². The van der Waals surface area contributed by atoms with Gasteiger partial charge in [0.25, 0.3) is 5.91 Å². The van der Waals surface area contributed by atoms with Crippen LogP contribution in [-0.2, 0) is 11.3 Å². The first-order valence-electron chi connectivity index (χ1n) is 11.7. The van der Waals surface area contributed by atoms with Gasteiger partial charge in [0.1, 0.15) is 18.3 Å². The molecule has 2 aromatic carbocycles. The molecule has 0 bridgehead atoms. The first-order valence-corrected chi connectivity index (χ1v) is 11.7. The maximum absolute atomic E-state index is 13.8. The zero-order chi connectivity index (χ0) is 24.5. The average Bonchev–Trinajstić information content (AvgIpc) is 3.30. The molecule has 6 heteroatoms. The van der Waals surface area contributed by atoms with Crippen LogP contribution in [-0.4, -0.2) is 51.9 Å². The molecule has 1 aromatic heterocycles. The van der Waals surface area contributed by atoms with Crippen molar-refractivity contribution in [3.05, 3.63) is 89.2 Å². The summed E-state index contributed by atoms with van der Waals surface area (Å²) in [6.45, 7) is 9.15. The number of benzene rings is 2. The van der Waals surface area contributed by atoms with Crippen molar-refractivity contribution in [2.24, 2.45) is 0 Å². The Kier molecular flexibility index (Phi) is 6.51. The van der Waals surface area contributed by atoms with E-state index in [1.54, 1.807) is 12.0 Å². The SMILES string of the molecule is COc1ccccc1C1c2cccn2CCN1C(=O)CN(C(=O)c1ccc(C)cc1)C(C)(C)C. The third kappa shape index (κ3) is 4.58. The van der Waals surface area contributed by atoms with Crippen LogP contribution in [0.4, 0.5) is 0 Å². The van der Waals surface area contributed by atoms with Crippen LogP contribution in [0.25, 0.3) is 0 Å². The molecular formula is C28H33N3O3. The number of nitrogens with zero attached hydrogens (tertiary/aromatic N) is 3. The summed E-state index contributed by atoms with van der Waals surface area (Å²) in [6.07, 6.45) is 2.04. The molecule has 1 atom stereocenters. The Bertz CT molecular complexity index is 1170. The molecule has 3 aromatic rings. The molecule has 1 aliphatic heterocycles. The van der Waals surface area contributed by atoms with Gasteiger partial charge in [-0.1, -0.05) is 35.9 Å². The van der Waals surface area contributed by atoms with E-state index in [0.717, 1.165) is 22.6 Å². The zero-order valence-corrected chi connectivity index (χ0v) is 20.6. The topological polar surface area (TPSA) is 54.8 Å². The minimum absolute atomic E-state index is 0.00255. The monoisotopic (exact) mass is 459 g/mol. The lowest BCUT2D eigenvalue weighted by molar-refractivity contribution is -0.135. The highest BCUT2D eigenvalue weighted by Gasteiger charge is 2.37. The Labute approximate surface area is 201 Å². The number of aryl methyl sites for hydroxylation is 1. The van der Waals surface area contributed by atoms with Gasteiger partial charge in [0.05, 0.1) is 7.11 Å². The first-order chi connectivity index (χ1) is 16.2. The molecule has 0 N–H and O–H groups in total. The fourth-order valence-electron chi connectivity index (χ4n) is 4.56. The Balaban J connectivity index is 1.68. The van der Waals surface area contributed by atoms with Crippen molar-refractivity contribution in [2.45, 2.75) is 45.8 Å². The van der Waals surface area contributed by atoms with Crippen molar-refractivity contribution >= 4 is 11.8 Å². The minimum atomic E-state index is -0.520. The van der Waals surface area contributed by atoms with Crippen molar-refractivity contribution in [2.75, 3.05) is 20.2 Å². The summed E-state index contributed by atoms with van der Waals surface area (Å²) in [5, 5.41) is 0. The van der Waals surface area contributed by atoms with Gasteiger partial charge in [-0.25, -0.2) is 0 Å². The van der Waals surface area contributed by atoms with Gasteiger partial charge in [-0.3, -0.25) is 9.59 Å². The summed E-state index contributed by atoms with van der Waals surface area (Å²) >= 11 is 0. The number of carbonyl (C=O) groups is 2. The summed E-state index contributed by atoms with van der Waals surface area (Å²) in [5.41, 5.74) is 3.13. The Morgan fingerprint density at radius 1 is 1.00 bits per heavy atom. The predicted molar refractivity (Wildman–Crippen MR) is 133 cm³/mol. The standard InChI is InChI=1S/C28H33N3O3/c1-20-12-14-21(15-13-20)27(33)31(28(2,3)4)19-25(32)30-18-17-29-16-8-10-23(29)26(30)22-9-6-7-11-24(22)34-5/h6-16,26H,17-19H2,1-5H3. The fourth-order valence-corrected chi connectivity index (χ4v) is 4.56. The predicted octanol–water partition coefficient (Wildman–Crippen LogP) is 4.68. The van der Waals surface area contributed by atoms with Crippen LogP contribution in [0.3, 0.4) is 0 Å². The molecule has 2 amide bonds. The van der Waals surface area contributed by atoms with Gasteiger partial charge in [-0.15, -0.1) is 0 Å². The van der Waals surface area contributed by atoms with E-state index in [-0.39, 0.29) is 24.4 Å². The summed E-state index contributed by atoms with van der Waals surface area (Å²) < 4.78 is 7.83. The second kappa shape index (κ2) is 9.37. The van der Waals surface area contributed by atoms with E-state index in [0.29, 0.717) is 18.7 Å². The van der Waals surface area contributed by atoms with Gasteiger partial charge in [0.2, 0.25) is 5.91 Å². The number of fused-ring (bicyclic) bond motifs is 1. The number of methoxy groups -OCH3 is 1. The maximum Gasteiger partial charge on any atom is 0.254 e. The van der Waals surface area contributed by atoms with Crippen molar-refractivity contribution in [1.82, 2.24) is 14.4 Å². The summed E-state index contributed by atoms with van der Waals surface area (Å²) in [7, 11) is 1.65. The smallest absolute Gasteiger partial charge is 0.254 e. The number of aromatic nitrogens is 1. The maximum atomic E-state index is 13.8. The van der Waals surface area contributed by atoms with Crippen LogP contribution < -0.4 is 4.74 Å². The number of hydrogen-bond donors (Lipinski definition) is 0. The highest BCUT2D eigenvalue weighted by Crippen LogP contribution is 2.37. The van der Waals surface area contributed by atoms with E-state index >= 15 is 0 Å². The van der Waals surface area contributed by atoms with Crippen LogP contribution in [0.5, 0.6) is 5.75 Å². The number of amides is 2. The molecule has 0 aliphatic carbocycles. The molecule has 2 heterocycles. The van der Waals surface area contributed by atoms with Gasteiger partial charge in [-0.05, 0) is 58.0 Å². The molecular weight excluding hydrogens is 426 g/mol. The number of carbonyl (C=O) groups excluding carboxylic acids is 2. The third-order valence-electron chi connectivity index (χ3n) is 6.44. The first kappa shape index (κ1) is 23.6.